The summed E-state index contributed by atoms with van der Waals surface area (Å²) in [6.45, 7) is 4.11. The second-order valence-corrected chi connectivity index (χ2v) is 7.13. The lowest BCUT2D eigenvalue weighted by atomic mass is 10.1. The zero-order chi connectivity index (χ0) is 17.8. The number of hydrogen-bond acceptors (Lipinski definition) is 3. The largest absolute Gasteiger partial charge is 0.368 e. The van der Waals surface area contributed by atoms with Gasteiger partial charge in [0, 0.05) is 49.0 Å². The van der Waals surface area contributed by atoms with Gasteiger partial charge in [0.1, 0.15) is 0 Å². The van der Waals surface area contributed by atoms with Crippen LogP contribution in [0.4, 0.5) is 5.69 Å². The van der Waals surface area contributed by atoms with Crippen molar-refractivity contribution in [2.75, 3.05) is 45.2 Å². The Morgan fingerprint density at radius 1 is 1.04 bits per heavy atom. The highest BCUT2D eigenvalue weighted by Gasteiger charge is 2.22. The first kappa shape index (κ1) is 17.8. The minimum Gasteiger partial charge on any atom is -0.368 e. The fourth-order valence-corrected chi connectivity index (χ4v) is 3.29. The van der Waals surface area contributed by atoms with Crippen LogP contribution in [0.2, 0.25) is 5.02 Å². The van der Waals surface area contributed by atoms with Crippen LogP contribution >= 0.6 is 11.6 Å². The Hall–Kier alpha value is -2.04. The van der Waals surface area contributed by atoms with E-state index >= 15 is 0 Å². The van der Waals surface area contributed by atoms with Crippen LogP contribution in [0, 0.1) is 0 Å². The number of benzene rings is 2. The number of carbonyl (C=O) groups excluding carboxylic acids is 1. The maximum absolute atomic E-state index is 12.6. The Balaban J connectivity index is 1.62. The van der Waals surface area contributed by atoms with Crippen molar-refractivity contribution < 1.29 is 4.79 Å². The van der Waals surface area contributed by atoms with E-state index in [0.717, 1.165) is 32.7 Å². The molecule has 1 heterocycles. The van der Waals surface area contributed by atoms with Crippen LogP contribution in [-0.4, -0.2) is 56.0 Å². The summed E-state index contributed by atoms with van der Waals surface area (Å²) < 4.78 is 0. The second-order valence-electron chi connectivity index (χ2n) is 6.69. The summed E-state index contributed by atoms with van der Waals surface area (Å²) >= 11 is 5.90. The van der Waals surface area contributed by atoms with Gasteiger partial charge in [0.15, 0.2) is 0 Å². The topological polar surface area (TPSA) is 26.8 Å². The van der Waals surface area contributed by atoms with Gasteiger partial charge >= 0.3 is 0 Å². The van der Waals surface area contributed by atoms with Crippen molar-refractivity contribution in [1.82, 2.24) is 9.80 Å². The van der Waals surface area contributed by atoms with Gasteiger partial charge in [-0.1, -0.05) is 23.7 Å². The maximum atomic E-state index is 12.6. The smallest absolute Gasteiger partial charge is 0.253 e. The van der Waals surface area contributed by atoms with E-state index < -0.39 is 0 Å². The quantitative estimate of drug-likeness (QED) is 0.839. The van der Waals surface area contributed by atoms with E-state index in [0.29, 0.717) is 10.6 Å². The van der Waals surface area contributed by atoms with Crippen molar-refractivity contribution in [2.45, 2.75) is 6.54 Å². The molecule has 2 aromatic carbocycles. The molecule has 0 N–H and O–H groups in total. The van der Waals surface area contributed by atoms with Crippen LogP contribution < -0.4 is 4.90 Å². The van der Waals surface area contributed by atoms with Gasteiger partial charge < -0.3 is 14.7 Å². The number of nitrogens with zero attached hydrogens (tertiary/aromatic N) is 3. The predicted octanol–water partition coefficient (Wildman–Crippen LogP) is 3.36. The molecule has 0 aromatic heterocycles. The van der Waals surface area contributed by atoms with Gasteiger partial charge in [-0.25, -0.2) is 0 Å². The SMILES string of the molecule is CN(C)Cc1cccc(N2CCN(C(=O)c3ccc(Cl)cc3)CC2)c1. The molecule has 0 unspecified atom stereocenters. The Morgan fingerprint density at radius 3 is 2.36 bits per heavy atom. The first-order valence-electron chi connectivity index (χ1n) is 8.56. The van der Waals surface area contributed by atoms with Gasteiger partial charge in [0.2, 0.25) is 0 Å². The fraction of sp³-hybridized carbons (Fsp3) is 0.350. The van der Waals surface area contributed by atoms with Gasteiger partial charge in [-0.15, -0.1) is 0 Å². The van der Waals surface area contributed by atoms with Gasteiger partial charge in [-0.2, -0.15) is 0 Å². The molecule has 25 heavy (non-hydrogen) atoms. The van der Waals surface area contributed by atoms with Crippen LogP contribution in [0.1, 0.15) is 15.9 Å². The predicted molar refractivity (Wildman–Crippen MR) is 103 cm³/mol. The molecule has 132 valence electrons. The Morgan fingerprint density at radius 2 is 1.72 bits per heavy atom. The highest BCUT2D eigenvalue weighted by Crippen LogP contribution is 2.20. The summed E-state index contributed by atoms with van der Waals surface area (Å²) in [5.74, 6) is 0.0812. The average molecular weight is 358 g/mol. The fourth-order valence-electron chi connectivity index (χ4n) is 3.16. The Labute approximate surface area is 154 Å². The van der Waals surface area contributed by atoms with E-state index in [9.17, 15) is 4.79 Å². The lowest BCUT2D eigenvalue weighted by Crippen LogP contribution is -2.48. The molecule has 0 saturated carbocycles. The molecule has 4 nitrogen and oxygen atoms in total. The van der Waals surface area contributed by atoms with Gasteiger partial charge in [-0.3, -0.25) is 4.79 Å². The van der Waals surface area contributed by atoms with Crippen molar-refractivity contribution in [3.63, 3.8) is 0 Å². The number of halogens is 1. The number of carbonyl (C=O) groups is 1. The molecule has 2 aromatic rings. The molecule has 0 radical (unpaired) electrons. The van der Waals surface area contributed by atoms with Crippen LogP contribution in [0.25, 0.3) is 0 Å². The standard InChI is InChI=1S/C20H24ClN3O/c1-22(2)15-16-4-3-5-19(14-16)23-10-12-24(13-11-23)20(25)17-6-8-18(21)9-7-17/h3-9,14H,10-13,15H2,1-2H3. The molecule has 1 amide bonds. The van der Waals surface area contributed by atoms with Gasteiger partial charge in [-0.05, 0) is 56.1 Å². The molecule has 1 aliphatic heterocycles. The van der Waals surface area contributed by atoms with E-state index in [1.807, 2.05) is 4.90 Å². The molecule has 0 spiro atoms. The minimum absolute atomic E-state index is 0.0812. The van der Waals surface area contributed by atoms with Crippen molar-refractivity contribution in [1.29, 1.82) is 0 Å². The van der Waals surface area contributed by atoms with Crippen LogP contribution in [0.15, 0.2) is 48.5 Å². The van der Waals surface area contributed by atoms with E-state index in [1.165, 1.54) is 11.3 Å². The maximum Gasteiger partial charge on any atom is 0.253 e. The molecule has 1 fully saturated rings. The average Bonchev–Trinajstić information content (AvgIpc) is 2.62. The molecule has 0 aliphatic carbocycles. The van der Waals surface area contributed by atoms with E-state index in [-0.39, 0.29) is 5.91 Å². The lowest BCUT2D eigenvalue weighted by Gasteiger charge is -2.36. The third-order valence-corrected chi connectivity index (χ3v) is 4.68. The van der Waals surface area contributed by atoms with Crippen LogP contribution in [0.5, 0.6) is 0 Å². The van der Waals surface area contributed by atoms with Gasteiger partial charge in [0.25, 0.3) is 5.91 Å². The molecule has 5 heteroatoms. The van der Waals surface area contributed by atoms with Crippen molar-refractivity contribution in [3.8, 4) is 0 Å². The van der Waals surface area contributed by atoms with E-state index in [4.69, 9.17) is 11.6 Å². The number of hydrogen-bond donors (Lipinski definition) is 0. The van der Waals surface area contributed by atoms with Gasteiger partial charge in [0.05, 0.1) is 0 Å². The molecule has 1 aliphatic rings. The summed E-state index contributed by atoms with van der Waals surface area (Å²) in [6, 6.07) is 15.8. The van der Waals surface area contributed by atoms with Crippen LogP contribution in [-0.2, 0) is 6.54 Å². The first-order valence-corrected chi connectivity index (χ1v) is 8.94. The third-order valence-electron chi connectivity index (χ3n) is 4.43. The van der Waals surface area contributed by atoms with Crippen molar-refractivity contribution >= 4 is 23.2 Å². The summed E-state index contributed by atoms with van der Waals surface area (Å²) in [5, 5.41) is 0.652. The van der Waals surface area contributed by atoms with E-state index in [1.54, 1.807) is 24.3 Å². The number of piperazine rings is 1. The third kappa shape index (κ3) is 4.53. The van der Waals surface area contributed by atoms with E-state index in [2.05, 4.69) is 48.2 Å². The molecule has 0 bridgehead atoms. The number of anilines is 1. The van der Waals surface area contributed by atoms with Crippen LogP contribution in [0.3, 0.4) is 0 Å². The minimum atomic E-state index is 0.0812. The summed E-state index contributed by atoms with van der Waals surface area (Å²) in [7, 11) is 4.15. The molecule has 1 saturated heterocycles. The van der Waals surface area contributed by atoms with Crippen molar-refractivity contribution in [3.05, 3.63) is 64.7 Å². The van der Waals surface area contributed by atoms with Crippen molar-refractivity contribution in [2.24, 2.45) is 0 Å². The number of amides is 1. The zero-order valence-electron chi connectivity index (χ0n) is 14.8. The normalized spacial score (nSPS) is 14.9. The highest BCUT2D eigenvalue weighted by molar-refractivity contribution is 6.30. The molecular formula is C20H24ClN3O. The Bertz CT molecular complexity index is 722. The first-order chi connectivity index (χ1) is 12.0. The molecular weight excluding hydrogens is 334 g/mol. The lowest BCUT2D eigenvalue weighted by molar-refractivity contribution is 0.0747. The highest BCUT2D eigenvalue weighted by atomic mass is 35.5. The Kier molecular flexibility index (Phi) is 5.61. The summed E-state index contributed by atoms with van der Waals surface area (Å²) in [4.78, 5) is 19.0. The number of rotatable bonds is 4. The summed E-state index contributed by atoms with van der Waals surface area (Å²) in [6.07, 6.45) is 0. The summed E-state index contributed by atoms with van der Waals surface area (Å²) in [5.41, 5.74) is 3.24. The molecule has 3 rings (SSSR count). The monoisotopic (exact) mass is 357 g/mol. The second kappa shape index (κ2) is 7.89. The zero-order valence-corrected chi connectivity index (χ0v) is 15.5. The molecule has 0 atom stereocenters.